The van der Waals surface area contributed by atoms with E-state index < -0.39 is 0 Å². The Morgan fingerprint density at radius 3 is 2.44 bits per heavy atom. The second kappa shape index (κ2) is 8.10. The van der Waals surface area contributed by atoms with Gasteiger partial charge in [0.25, 0.3) is 5.91 Å². The summed E-state index contributed by atoms with van der Waals surface area (Å²) in [5, 5.41) is 11.2. The lowest BCUT2D eigenvalue weighted by Gasteiger charge is -2.19. The van der Waals surface area contributed by atoms with Crippen LogP contribution in [0.25, 0.3) is 0 Å². The number of nitrogens with zero attached hydrogens (tertiary/aromatic N) is 3. The number of carbonyl (C=O) groups is 1. The molecule has 1 amide bonds. The van der Waals surface area contributed by atoms with Crippen LogP contribution in [0.1, 0.15) is 17.2 Å². The second-order valence-corrected chi connectivity index (χ2v) is 5.72. The highest BCUT2D eigenvalue weighted by Crippen LogP contribution is 2.15. The number of amides is 1. The van der Waals surface area contributed by atoms with Gasteiger partial charge in [0.2, 0.25) is 0 Å². The topological polar surface area (TPSA) is 69.0 Å². The second-order valence-electron chi connectivity index (χ2n) is 5.72. The van der Waals surface area contributed by atoms with Gasteiger partial charge in [-0.25, -0.2) is 0 Å². The molecule has 0 aliphatic heterocycles. The van der Waals surface area contributed by atoms with Gasteiger partial charge in [-0.15, -0.1) is 0 Å². The van der Waals surface area contributed by atoms with Crippen molar-refractivity contribution >= 4 is 5.91 Å². The zero-order valence-electron chi connectivity index (χ0n) is 14.0. The third kappa shape index (κ3) is 4.91. The van der Waals surface area contributed by atoms with Gasteiger partial charge in [0, 0.05) is 0 Å². The molecule has 6 nitrogen and oxygen atoms in total. The van der Waals surface area contributed by atoms with Crippen LogP contribution in [0.15, 0.2) is 67.0 Å². The first-order valence-electron chi connectivity index (χ1n) is 8.08. The number of carbonyl (C=O) groups excluding carboxylic acids is 1. The molecule has 0 fully saturated rings. The summed E-state index contributed by atoms with van der Waals surface area (Å²) in [5.41, 5.74) is 2.14. The summed E-state index contributed by atoms with van der Waals surface area (Å²) in [6, 6.07) is 17.1. The molecule has 6 heteroatoms. The van der Waals surface area contributed by atoms with E-state index in [2.05, 4.69) is 15.5 Å². The largest absolute Gasteiger partial charge is 0.484 e. The van der Waals surface area contributed by atoms with Gasteiger partial charge in [0.05, 0.1) is 25.0 Å². The zero-order valence-corrected chi connectivity index (χ0v) is 14.0. The van der Waals surface area contributed by atoms with Crippen LogP contribution in [0.4, 0.5) is 0 Å². The molecular weight excluding hydrogens is 316 g/mol. The van der Waals surface area contributed by atoms with Crippen LogP contribution in [0.5, 0.6) is 5.75 Å². The number of ether oxygens (including phenoxy) is 1. The normalized spacial score (nSPS) is 11.7. The van der Waals surface area contributed by atoms with Crippen molar-refractivity contribution in [2.24, 2.45) is 0 Å². The molecule has 1 heterocycles. The van der Waals surface area contributed by atoms with Crippen LogP contribution in [0.2, 0.25) is 0 Å². The minimum atomic E-state index is -0.234. The Bertz CT molecular complexity index is 786. The first-order chi connectivity index (χ1) is 12.2. The SMILES string of the molecule is Cc1ccc(OCC(=O)NC(Cn2nccn2)c2ccccc2)cc1. The van der Waals surface area contributed by atoms with E-state index >= 15 is 0 Å². The maximum atomic E-state index is 12.3. The summed E-state index contributed by atoms with van der Waals surface area (Å²) >= 11 is 0. The van der Waals surface area contributed by atoms with Crippen molar-refractivity contribution in [1.29, 1.82) is 0 Å². The van der Waals surface area contributed by atoms with Crippen molar-refractivity contribution in [1.82, 2.24) is 20.3 Å². The fraction of sp³-hybridized carbons (Fsp3) is 0.211. The first-order valence-corrected chi connectivity index (χ1v) is 8.08. The Hall–Kier alpha value is -3.15. The Labute approximate surface area is 146 Å². The van der Waals surface area contributed by atoms with Gasteiger partial charge >= 0.3 is 0 Å². The number of aryl methyl sites for hydroxylation is 1. The molecule has 1 unspecified atom stereocenters. The lowest BCUT2D eigenvalue weighted by molar-refractivity contribution is -0.124. The number of benzene rings is 2. The standard InChI is InChI=1S/C19H20N4O2/c1-15-7-9-17(10-8-15)25-14-19(24)22-18(13-23-20-11-12-21-23)16-5-3-2-4-6-16/h2-12,18H,13-14H2,1H3,(H,22,24). The van der Waals surface area contributed by atoms with E-state index in [-0.39, 0.29) is 18.6 Å². The van der Waals surface area contributed by atoms with E-state index in [1.54, 1.807) is 17.2 Å². The zero-order chi connectivity index (χ0) is 17.5. The molecule has 0 saturated heterocycles. The predicted molar refractivity (Wildman–Crippen MR) is 94.0 cm³/mol. The molecule has 0 saturated carbocycles. The molecule has 3 rings (SSSR count). The molecule has 0 aliphatic rings. The van der Waals surface area contributed by atoms with Gasteiger partial charge in [0.1, 0.15) is 5.75 Å². The van der Waals surface area contributed by atoms with E-state index in [1.807, 2.05) is 61.5 Å². The van der Waals surface area contributed by atoms with Crippen LogP contribution in [-0.2, 0) is 11.3 Å². The predicted octanol–water partition coefficient (Wildman–Crippen LogP) is 2.52. The Balaban J connectivity index is 1.62. The third-order valence-corrected chi connectivity index (χ3v) is 3.74. The van der Waals surface area contributed by atoms with Gasteiger partial charge in [-0.05, 0) is 24.6 Å². The number of rotatable bonds is 7. The monoisotopic (exact) mass is 336 g/mol. The summed E-state index contributed by atoms with van der Waals surface area (Å²) in [7, 11) is 0. The lowest BCUT2D eigenvalue weighted by atomic mass is 10.1. The average molecular weight is 336 g/mol. The van der Waals surface area contributed by atoms with Gasteiger partial charge in [-0.1, -0.05) is 48.0 Å². The Morgan fingerprint density at radius 1 is 1.08 bits per heavy atom. The molecule has 0 bridgehead atoms. The maximum absolute atomic E-state index is 12.3. The van der Waals surface area contributed by atoms with Crippen LogP contribution in [0.3, 0.4) is 0 Å². The lowest BCUT2D eigenvalue weighted by Crippen LogP contribution is -2.35. The number of hydrogen-bond acceptors (Lipinski definition) is 4. The van der Waals surface area contributed by atoms with Gasteiger partial charge in [0.15, 0.2) is 6.61 Å². The van der Waals surface area contributed by atoms with Crippen LogP contribution in [-0.4, -0.2) is 27.5 Å². The quantitative estimate of drug-likeness (QED) is 0.720. The molecule has 0 spiro atoms. The number of aromatic nitrogens is 3. The molecule has 2 aromatic carbocycles. The van der Waals surface area contributed by atoms with Crippen LogP contribution < -0.4 is 10.1 Å². The van der Waals surface area contributed by atoms with Crippen LogP contribution in [0, 0.1) is 6.92 Å². The van der Waals surface area contributed by atoms with Crippen LogP contribution >= 0.6 is 0 Å². The van der Waals surface area contributed by atoms with Crippen molar-refractivity contribution in [3.8, 4) is 5.75 Å². The minimum Gasteiger partial charge on any atom is -0.484 e. The highest BCUT2D eigenvalue weighted by Gasteiger charge is 2.16. The van der Waals surface area contributed by atoms with Gasteiger partial charge in [-0.3, -0.25) is 4.79 Å². The minimum absolute atomic E-state index is 0.0427. The van der Waals surface area contributed by atoms with E-state index in [0.29, 0.717) is 12.3 Å². The van der Waals surface area contributed by atoms with Crippen molar-refractivity contribution in [2.45, 2.75) is 19.5 Å². The fourth-order valence-corrected chi connectivity index (χ4v) is 2.44. The molecule has 1 N–H and O–H groups in total. The number of hydrogen-bond donors (Lipinski definition) is 1. The molecule has 25 heavy (non-hydrogen) atoms. The average Bonchev–Trinajstić information content (AvgIpc) is 3.15. The molecule has 0 radical (unpaired) electrons. The van der Waals surface area contributed by atoms with E-state index in [1.165, 1.54) is 0 Å². The van der Waals surface area contributed by atoms with E-state index in [0.717, 1.165) is 11.1 Å². The molecule has 3 aromatic rings. The number of nitrogens with one attached hydrogen (secondary N) is 1. The van der Waals surface area contributed by atoms with E-state index in [4.69, 9.17) is 4.74 Å². The smallest absolute Gasteiger partial charge is 0.258 e. The van der Waals surface area contributed by atoms with E-state index in [9.17, 15) is 4.79 Å². The van der Waals surface area contributed by atoms with Gasteiger partial charge < -0.3 is 10.1 Å². The fourth-order valence-electron chi connectivity index (χ4n) is 2.44. The molecule has 128 valence electrons. The summed E-state index contributed by atoms with van der Waals surface area (Å²) in [4.78, 5) is 13.9. The highest BCUT2D eigenvalue weighted by atomic mass is 16.5. The molecular formula is C19H20N4O2. The molecule has 0 aliphatic carbocycles. The third-order valence-electron chi connectivity index (χ3n) is 3.74. The Kier molecular flexibility index (Phi) is 5.41. The molecule has 1 aromatic heterocycles. The summed E-state index contributed by atoms with van der Waals surface area (Å²) < 4.78 is 5.54. The van der Waals surface area contributed by atoms with Crippen molar-refractivity contribution in [3.05, 3.63) is 78.1 Å². The van der Waals surface area contributed by atoms with Gasteiger partial charge in [-0.2, -0.15) is 15.0 Å². The maximum Gasteiger partial charge on any atom is 0.258 e. The van der Waals surface area contributed by atoms with Crippen molar-refractivity contribution < 1.29 is 9.53 Å². The summed E-state index contributed by atoms with van der Waals surface area (Å²) in [6.07, 6.45) is 3.23. The Morgan fingerprint density at radius 2 is 1.76 bits per heavy atom. The summed E-state index contributed by atoms with van der Waals surface area (Å²) in [5.74, 6) is 0.479. The molecule has 1 atom stereocenters. The van der Waals surface area contributed by atoms with Crippen molar-refractivity contribution in [3.63, 3.8) is 0 Å². The highest BCUT2D eigenvalue weighted by molar-refractivity contribution is 5.78. The van der Waals surface area contributed by atoms with Crippen molar-refractivity contribution in [2.75, 3.05) is 6.61 Å². The first kappa shape index (κ1) is 16.7. The summed E-state index contributed by atoms with van der Waals surface area (Å²) in [6.45, 7) is 2.41.